The molecule has 0 spiro atoms. The van der Waals surface area contributed by atoms with Crippen molar-refractivity contribution < 1.29 is 9.21 Å². The number of nitriles is 1. The number of hydrogen-bond acceptors (Lipinski definition) is 7. The van der Waals surface area contributed by atoms with E-state index in [0.29, 0.717) is 28.2 Å². The van der Waals surface area contributed by atoms with Crippen molar-refractivity contribution in [2.45, 2.75) is 6.92 Å². The summed E-state index contributed by atoms with van der Waals surface area (Å²) < 4.78 is 4.99. The molecule has 0 saturated carbocycles. The minimum absolute atomic E-state index is 0.118. The molecule has 2 aromatic heterocycles. The molecule has 1 amide bonds. The summed E-state index contributed by atoms with van der Waals surface area (Å²) in [5, 5.41) is 19.8. The van der Waals surface area contributed by atoms with Crippen molar-refractivity contribution in [1.82, 2.24) is 9.97 Å². The molecule has 3 aromatic rings. The van der Waals surface area contributed by atoms with Crippen molar-refractivity contribution >= 4 is 23.0 Å². The molecule has 8 heteroatoms. The summed E-state index contributed by atoms with van der Waals surface area (Å²) in [6, 6.07) is 8.37. The molecule has 0 unspecified atom stereocenters. The van der Waals surface area contributed by atoms with Crippen molar-refractivity contribution in [3.8, 4) is 6.07 Å². The van der Waals surface area contributed by atoms with Gasteiger partial charge in [-0.1, -0.05) is 0 Å². The summed E-state index contributed by atoms with van der Waals surface area (Å²) in [5.41, 5.74) is 8.65. The molecule has 1 aromatic carbocycles. The van der Waals surface area contributed by atoms with Crippen LogP contribution < -0.4 is 11.1 Å². The van der Waals surface area contributed by atoms with E-state index in [2.05, 4.69) is 15.3 Å². The highest BCUT2D eigenvalue weighted by molar-refractivity contribution is 6.14. The fraction of sp³-hybridized carbons (Fsp3) is 0.0556. The maximum absolute atomic E-state index is 12.4. The highest BCUT2D eigenvalue weighted by atomic mass is 16.3. The third-order valence-corrected chi connectivity index (χ3v) is 3.67. The standard InChI is InChI=1S/C18H14N6O2/c1-10-17(22-8-13(7-19)23-10)18(25)24-12-2-3-15(20)14(6-12)16(21)11-4-5-26-9-11/h2-6,8-9,21H,20H2,1H3,(H,24,25). The first kappa shape index (κ1) is 16.9. The number of benzene rings is 1. The van der Waals surface area contributed by atoms with Gasteiger partial charge >= 0.3 is 0 Å². The summed E-state index contributed by atoms with van der Waals surface area (Å²) in [4.78, 5) is 20.4. The maximum atomic E-state index is 12.4. The van der Waals surface area contributed by atoms with Gasteiger partial charge in [-0.3, -0.25) is 10.2 Å². The first-order valence-electron chi connectivity index (χ1n) is 7.55. The molecule has 128 valence electrons. The van der Waals surface area contributed by atoms with Crippen molar-refractivity contribution in [1.29, 1.82) is 10.7 Å². The molecule has 3 rings (SSSR count). The lowest BCUT2D eigenvalue weighted by Crippen LogP contribution is -2.17. The number of nitrogens with one attached hydrogen (secondary N) is 2. The van der Waals surface area contributed by atoms with Crippen molar-refractivity contribution in [2.75, 3.05) is 11.1 Å². The number of hydrogen-bond donors (Lipinski definition) is 3. The minimum atomic E-state index is -0.468. The number of nitrogens with zero attached hydrogens (tertiary/aromatic N) is 3. The van der Waals surface area contributed by atoms with Crippen LogP contribution in [0.25, 0.3) is 0 Å². The van der Waals surface area contributed by atoms with Gasteiger partial charge in [0, 0.05) is 22.5 Å². The predicted octanol–water partition coefficient (Wildman–Crippen LogP) is 2.50. The molecule has 0 bridgehead atoms. The lowest BCUT2D eigenvalue weighted by molar-refractivity contribution is 0.102. The SMILES string of the molecule is Cc1nc(C#N)cnc1C(=O)Nc1ccc(N)c(C(=N)c2ccoc2)c1. The quantitative estimate of drug-likeness (QED) is 0.489. The molecule has 0 aliphatic carbocycles. The molecule has 0 radical (unpaired) electrons. The zero-order valence-corrected chi connectivity index (χ0v) is 13.8. The van der Waals surface area contributed by atoms with Crippen LogP contribution in [0.1, 0.15) is 33.0 Å². The van der Waals surface area contributed by atoms with Gasteiger partial charge in [0.2, 0.25) is 0 Å². The normalized spacial score (nSPS) is 10.2. The van der Waals surface area contributed by atoms with Gasteiger partial charge in [-0.15, -0.1) is 0 Å². The summed E-state index contributed by atoms with van der Waals surface area (Å²) in [6.07, 6.45) is 4.16. The molecule has 2 heterocycles. The monoisotopic (exact) mass is 346 g/mol. The summed E-state index contributed by atoms with van der Waals surface area (Å²) in [7, 11) is 0. The topological polar surface area (TPSA) is 142 Å². The van der Waals surface area contributed by atoms with Crippen LogP contribution in [-0.4, -0.2) is 21.6 Å². The fourth-order valence-corrected chi connectivity index (χ4v) is 2.36. The summed E-state index contributed by atoms with van der Waals surface area (Å²) in [6.45, 7) is 1.60. The largest absolute Gasteiger partial charge is 0.472 e. The maximum Gasteiger partial charge on any atom is 0.276 e. The van der Waals surface area contributed by atoms with Crippen LogP contribution in [0.2, 0.25) is 0 Å². The number of nitrogens with two attached hydrogens (primary N) is 1. The Bertz CT molecular complexity index is 1030. The molecule has 0 saturated heterocycles. The van der Waals surface area contributed by atoms with Crippen LogP contribution in [0.4, 0.5) is 11.4 Å². The molecular formula is C18H14N6O2. The van der Waals surface area contributed by atoms with E-state index in [4.69, 9.17) is 20.8 Å². The van der Waals surface area contributed by atoms with Crippen molar-refractivity contribution in [3.05, 3.63) is 71.2 Å². The molecule has 0 fully saturated rings. The first-order valence-corrected chi connectivity index (χ1v) is 7.55. The zero-order valence-electron chi connectivity index (χ0n) is 13.8. The van der Waals surface area contributed by atoms with E-state index in [-0.39, 0.29) is 17.1 Å². The Labute approximate surface area is 148 Å². The summed E-state index contributed by atoms with van der Waals surface area (Å²) in [5.74, 6) is -0.468. The molecule has 4 N–H and O–H groups in total. The number of rotatable bonds is 4. The lowest BCUT2D eigenvalue weighted by Gasteiger charge is -2.11. The van der Waals surface area contributed by atoms with E-state index in [1.54, 1.807) is 31.2 Å². The number of aromatic nitrogens is 2. The number of carbonyl (C=O) groups excluding carboxylic acids is 1. The van der Waals surface area contributed by atoms with E-state index in [1.165, 1.54) is 18.7 Å². The van der Waals surface area contributed by atoms with Crippen LogP contribution >= 0.6 is 0 Å². The average molecular weight is 346 g/mol. The van der Waals surface area contributed by atoms with E-state index in [9.17, 15) is 4.79 Å². The van der Waals surface area contributed by atoms with Crippen LogP contribution in [0.5, 0.6) is 0 Å². The van der Waals surface area contributed by atoms with E-state index < -0.39 is 5.91 Å². The highest BCUT2D eigenvalue weighted by Crippen LogP contribution is 2.22. The molecule has 26 heavy (non-hydrogen) atoms. The van der Waals surface area contributed by atoms with Crippen LogP contribution in [0, 0.1) is 23.7 Å². The van der Waals surface area contributed by atoms with Gasteiger partial charge in [-0.25, -0.2) is 9.97 Å². The third-order valence-electron chi connectivity index (χ3n) is 3.67. The van der Waals surface area contributed by atoms with Crippen LogP contribution in [0.3, 0.4) is 0 Å². The Morgan fingerprint density at radius 2 is 2.19 bits per heavy atom. The van der Waals surface area contributed by atoms with Gasteiger partial charge in [0.05, 0.1) is 30.1 Å². The molecule has 0 atom stereocenters. The summed E-state index contributed by atoms with van der Waals surface area (Å²) >= 11 is 0. The zero-order chi connectivity index (χ0) is 18.7. The second-order valence-corrected chi connectivity index (χ2v) is 5.44. The Balaban J connectivity index is 1.87. The molecule has 8 nitrogen and oxygen atoms in total. The van der Waals surface area contributed by atoms with Gasteiger partial charge in [0.25, 0.3) is 5.91 Å². The number of aryl methyl sites for hydroxylation is 1. The van der Waals surface area contributed by atoms with E-state index >= 15 is 0 Å². The number of furan rings is 1. The molecular weight excluding hydrogens is 332 g/mol. The number of nitrogen functional groups attached to an aromatic ring is 1. The Hall–Kier alpha value is -3.99. The Kier molecular flexibility index (Phi) is 4.45. The Morgan fingerprint density at radius 1 is 1.38 bits per heavy atom. The highest BCUT2D eigenvalue weighted by Gasteiger charge is 2.15. The number of amides is 1. The van der Waals surface area contributed by atoms with Gasteiger partial charge in [0.1, 0.15) is 11.8 Å². The van der Waals surface area contributed by atoms with Crippen molar-refractivity contribution in [2.24, 2.45) is 0 Å². The molecule has 0 aliphatic heterocycles. The van der Waals surface area contributed by atoms with Gasteiger partial charge in [0.15, 0.2) is 5.69 Å². The molecule has 0 aliphatic rings. The second kappa shape index (κ2) is 6.86. The minimum Gasteiger partial charge on any atom is -0.472 e. The van der Waals surface area contributed by atoms with E-state index in [1.807, 2.05) is 6.07 Å². The number of anilines is 2. The third kappa shape index (κ3) is 3.27. The first-order chi connectivity index (χ1) is 12.5. The average Bonchev–Trinajstić information content (AvgIpc) is 3.17. The van der Waals surface area contributed by atoms with Gasteiger partial charge < -0.3 is 15.5 Å². The Morgan fingerprint density at radius 3 is 2.85 bits per heavy atom. The lowest BCUT2D eigenvalue weighted by atomic mass is 10.0. The van der Waals surface area contributed by atoms with E-state index in [0.717, 1.165) is 0 Å². The van der Waals surface area contributed by atoms with Gasteiger partial charge in [-0.05, 0) is 31.2 Å². The van der Waals surface area contributed by atoms with Crippen LogP contribution in [-0.2, 0) is 0 Å². The predicted molar refractivity (Wildman–Crippen MR) is 94.9 cm³/mol. The number of carbonyl (C=O) groups is 1. The van der Waals surface area contributed by atoms with Crippen LogP contribution in [0.15, 0.2) is 47.4 Å². The van der Waals surface area contributed by atoms with Crippen molar-refractivity contribution in [3.63, 3.8) is 0 Å². The van der Waals surface area contributed by atoms with Gasteiger partial charge in [-0.2, -0.15) is 5.26 Å². The fourth-order valence-electron chi connectivity index (χ4n) is 2.36. The smallest absolute Gasteiger partial charge is 0.276 e. The second-order valence-electron chi connectivity index (χ2n) is 5.44.